The number of carbonyl (C=O) groups is 3. The van der Waals surface area contributed by atoms with Crippen LogP contribution in [-0.4, -0.2) is 63.3 Å². The first-order valence-corrected chi connectivity index (χ1v) is 9.20. The maximum absolute atomic E-state index is 12.6. The summed E-state index contributed by atoms with van der Waals surface area (Å²) in [6, 6.07) is 13.7. The van der Waals surface area contributed by atoms with Gasteiger partial charge in [0.05, 0.1) is 31.0 Å². The van der Waals surface area contributed by atoms with Crippen LogP contribution in [0.15, 0.2) is 48.5 Å². The summed E-state index contributed by atoms with van der Waals surface area (Å²) in [6.45, 7) is 2.26. The number of amides is 2. The zero-order chi connectivity index (χ0) is 20.8. The van der Waals surface area contributed by atoms with E-state index in [1.807, 2.05) is 12.1 Å². The van der Waals surface area contributed by atoms with E-state index in [0.717, 1.165) is 5.69 Å². The van der Waals surface area contributed by atoms with Crippen LogP contribution in [0.4, 0.5) is 16.2 Å². The Kier molecular flexibility index (Phi) is 6.33. The van der Waals surface area contributed by atoms with E-state index in [-0.39, 0.29) is 12.0 Å². The highest BCUT2D eigenvalue weighted by Gasteiger charge is 2.23. The largest absolute Gasteiger partial charge is 0.465 e. The van der Waals surface area contributed by atoms with E-state index < -0.39 is 5.97 Å². The molecule has 1 heterocycles. The second-order valence-corrected chi connectivity index (χ2v) is 6.48. The minimum absolute atomic E-state index is 0.274. The second kappa shape index (κ2) is 9.09. The Morgan fingerprint density at radius 3 is 2.24 bits per heavy atom. The molecule has 8 nitrogen and oxygen atoms in total. The molecule has 0 spiro atoms. The average Bonchev–Trinajstić information content (AvgIpc) is 2.78. The number of piperazine rings is 1. The van der Waals surface area contributed by atoms with Gasteiger partial charge in [-0.25, -0.2) is 14.4 Å². The number of ether oxygens (including phenoxy) is 2. The summed E-state index contributed by atoms with van der Waals surface area (Å²) in [4.78, 5) is 40.0. The van der Waals surface area contributed by atoms with Gasteiger partial charge in [-0.1, -0.05) is 18.2 Å². The molecule has 0 saturated carbocycles. The Bertz CT molecular complexity index is 907. The molecule has 2 aromatic carbocycles. The first-order valence-electron chi connectivity index (χ1n) is 9.20. The van der Waals surface area contributed by atoms with Crippen LogP contribution in [0.25, 0.3) is 0 Å². The second-order valence-electron chi connectivity index (χ2n) is 6.48. The van der Waals surface area contributed by atoms with Gasteiger partial charge in [0.15, 0.2) is 0 Å². The van der Waals surface area contributed by atoms with Crippen LogP contribution in [0.2, 0.25) is 0 Å². The van der Waals surface area contributed by atoms with Crippen molar-refractivity contribution in [1.29, 1.82) is 0 Å². The molecular weight excluding hydrogens is 374 g/mol. The summed E-state index contributed by atoms with van der Waals surface area (Å²) >= 11 is 0. The molecule has 1 fully saturated rings. The minimum atomic E-state index is -0.504. The van der Waals surface area contributed by atoms with Crippen LogP contribution in [0.3, 0.4) is 0 Å². The highest BCUT2D eigenvalue weighted by Crippen LogP contribution is 2.20. The normalized spacial score (nSPS) is 13.6. The fourth-order valence-corrected chi connectivity index (χ4v) is 3.19. The molecule has 1 saturated heterocycles. The zero-order valence-electron chi connectivity index (χ0n) is 16.4. The number of methoxy groups -OCH3 is 2. The lowest BCUT2D eigenvalue weighted by atomic mass is 10.1. The molecule has 0 aliphatic carbocycles. The average molecular weight is 397 g/mol. The van der Waals surface area contributed by atoms with Gasteiger partial charge in [-0.05, 0) is 30.3 Å². The Morgan fingerprint density at radius 2 is 1.55 bits per heavy atom. The van der Waals surface area contributed by atoms with E-state index in [0.29, 0.717) is 43.0 Å². The summed E-state index contributed by atoms with van der Waals surface area (Å²) in [5, 5.41) is 2.79. The monoisotopic (exact) mass is 397 g/mol. The molecule has 2 aromatic rings. The number of anilines is 2. The quantitative estimate of drug-likeness (QED) is 0.798. The third-order valence-electron chi connectivity index (χ3n) is 4.77. The number of carbonyl (C=O) groups excluding carboxylic acids is 3. The molecule has 3 rings (SSSR count). The van der Waals surface area contributed by atoms with Crippen LogP contribution in [0, 0.1) is 0 Å². The summed E-state index contributed by atoms with van der Waals surface area (Å²) in [5.74, 6) is -0.884. The third kappa shape index (κ3) is 4.66. The maximum Gasteiger partial charge on any atom is 0.339 e. The topological polar surface area (TPSA) is 88.2 Å². The molecule has 1 aliphatic rings. The number of hydrogen-bond donors (Lipinski definition) is 1. The Hall–Kier alpha value is -3.55. The molecule has 152 valence electrons. The van der Waals surface area contributed by atoms with Crippen molar-refractivity contribution in [2.45, 2.75) is 0 Å². The first-order chi connectivity index (χ1) is 14.0. The molecular formula is C21H23N3O5. The minimum Gasteiger partial charge on any atom is -0.465 e. The van der Waals surface area contributed by atoms with E-state index in [1.165, 1.54) is 14.2 Å². The van der Waals surface area contributed by atoms with Crippen LogP contribution >= 0.6 is 0 Å². The molecule has 2 amide bonds. The molecule has 0 bridgehead atoms. The molecule has 8 heteroatoms. The van der Waals surface area contributed by atoms with Gasteiger partial charge in [0.2, 0.25) is 0 Å². The predicted octanol–water partition coefficient (Wildman–Crippen LogP) is 2.61. The summed E-state index contributed by atoms with van der Waals surface area (Å²) in [7, 11) is 2.65. The Morgan fingerprint density at radius 1 is 0.862 bits per heavy atom. The number of hydrogen-bond acceptors (Lipinski definition) is 6. The lowest BCUT2D eigenvalue weighted by Gasteiger charge is -2.36. The molecule has 29 heavy (non-hydrogen) atoms. The van der Waals surface area contributed by atoms with Crippen LogP contribution in [0.1, 0.15) is 20.7 Å². The third-order valence-corrected chi connectivity index (χ3v) is 4.77. The van der Waals surface area contributed by atoms with Crippen molar-refractivity contribution in [3.8, 4) is 0 Å². The molecule has 0 atom stereocenters. The highest BCUT2D eigenvalue weighted by atomic mass is 16.5. The van der Waals surface area contributed by atoms with E-state index in [4.69, 9.17) is 9.47 Å². The van der Waals surface area contributed by atoms with Gasteiger partial charge in [-0.2, -0.15) is 0 Å². The smallest absolute Gasteiger partial charge is 0.339 e. The molecule has 1 aliphatic heterocycles. The number of rotatable bonds is 4. The number of nitrogens with one attached hydrogen (secondary N) is 1. The van der Waals surface area contributed by atoms with Crippen LogP contribution < -0.4 is 10.2 Å². The highest BCUT2D eigenvalue weighted by molar-refractivity contribution is 6.00. The number of para-hydroxylation sites is 1. The van der Waals surface area contributed by atoms with Gasteiger partial charge in [-0.3, -0.25) is 0 Å². The van der Waals surface area contributed by atoms with Gasteiger partial charge in [0, 0.05) is 31.9 Å². The van der Waals surface area contributed by atoms with Gasteiger partial charge >= 0.3 is 18.0 Å². The number of esters is 2. The van der Waals surface area contributed by atoms with Gasteiger partial charge < -0.3 is 24.6 Å². The van der Waals surface area contributed by atoms with E-state index >= 15 is 0 Å². The number of urea groups is 1. The zero-order valence-corrected chi connectivity index (χ0v) is 16.4. The maximum atomic E-state index is 12.6. The van der Waals surface area contributed by atoms with Crippen molar-refractivity contribution in [3.63, 3.8) is 0 Å². The molecule has 0 aromatic heterocycles. The van der Waals surface area contributed by atoms with Crippen molar-refractivity contribution in [2.75, 3.05) is 50.6 Å². The predicted molar refractivity (Wildman–Crippen MR) is 108 cm³/mol. The van der Waals surface area contributed by atoms with Crippen molar-refractivity contribution in [3.05, 3.63) is 59.7 Å². The summed E-state index contributed by atoms with van der Waals surface area (Å²) in [5.41, 5.74) is 2.12. The fraction of sp³-hybridized carbons (Fsp3) is 0.286. The van der Waals surface area contributed by atoms with Crippen molar-refractivity contribution >= 4 is 29.3 Å². The first kappa shape index (κ1) is 20.2. The van der Waals surface area contributed by atoms with E-state index in [2.05, 4.69) is 10.2 Å². The van der Waals surface area contributed by atoms with Crippen LogP contribution in [0.5, 0.6) is 0 Å². The molecule has 0 unspecified atom stereocenters. The Balaban J connectivity index is 1.62. The SMILES string of the molecule is COC(=O)c1cccc(N2CCN(C(=O)Nc3ccccc3C(=O)OC)CC2)c1. The van der Waals surface area contributed by atoms with Gasteiger partial charge in [0.1, 0.15) is 0 Å². The summed E-state index contributed by atoms with van der Waals surface area (Å²) < 4.78 is 9.52. The van der Waals surface area contributed by atoms with Gasteiger partial charge in [-0.15, -0.1) is 0 Å². The van der Waals surface area contributed by atoms with Crippen LogP contribution in [-0.2, 0) is 9.47 Å². The number of nitrogens with zero attached hydrogens (tertiary/aromatic N) is 2. The summed E-state index contributed by atoms with van der Waals surface area (Å²) in [6.07, 6.45) is 0. The van der Waals surface area contributed by atoms with Crippen molar-refractivity contribution in [2.24, 2.45) is 0 Å². The molecule has 1 N–H and O–H groups in total. The van der Waals surface area contributed by atoms with E-state index in [1.54, 1.807) is 41.3 Å². The lowest BCUT2D eigenvalue weighted by Crippen LogP contribution is -2.50. The fourth-order valence-electron chi connectivity index (χ4n) is 3.19. The lowest BCUT2D eigenvalue weighted by molar-refractivity contribution is 0.0592. The number of benzene rings is 2. The van der Waals surface area contributed by atoms with E-state index in [9.17, 15) is 14.4 Å². The van der Waals surface area contributed by atoms with Crippen molar-refractivity contribution < 1.29 is 23.9 Å². The van der Waals surface area contributed by atoms with Crippen molar-refractivity contribution in [1.82, 2.24) is 4.90 Å². The molecule has 0 radical (unpaired) electrons. The Labute approximate surface area is 169 Å². The van der Waals surface area contributed by atoms with Gasteiger partial charge in [0.25, 0.3) is 0 Å². The standard InChI is InChI=1S/C21H23N3O5/c1-28-19(25)15-6-5-7-16(14-15)23-10-12-24(13-11-23)21(27)22-18-9-4-3-8-17(18)20(26)29-2/h3-9,14H,10-13H2,1-2H3,(H,22,27).